The van der Waals surface area contributed by atoms with E-state index in [1.807, 2.05) is 36.4 Å². The van der Waals surface area contributed by atoms with Crippen molar-refractivity contribution in [3.05, 3.63) is 71.9 Å². The SMILES string of the molecule is COc1cccc(C(CNC(=O)c2ccnc3ccccc23)N2CCCC2)c1. The van der Waals surface area contributed by atoms with Gasteiger partial charge in [-0.1, -0.05) is 30.3 Å². The van der Waals surface area contributed by atoms with Gasteiger partial charge in [0, 0.05) is 18.1 Å². The van der Waals surface area contributed by atoms with E-state index in [-0.39, 0.29) is 11.9 Å². The Morgan fingerprint density at radius 3 is 2.79 bits per heavy atom. The van der Waals surface area contributed by atoms with E-state index >= 15 is 0 Å². The molecule has 1 unspecified atom stereocenters. The molecule has 2 aromatic carbocycles. The normalized spacial score (nSPS) is 15.5. The van der Waals surface area contributed by atoms with E-state index in [4.69, 9.17) is 4.74 Å². The van der Waals surface area contributed by atoms with Gasteiger partial charge in [-0.2, -0.15) is 0 Å². The smallest absolute Gasteiger partial charge is 0.252 e. The second-order valence-electron chi connectivity index (χ2n) is 7.12. The summed E-state index contributed by atoms with van der Waals surface area (Å²) >= 11 is 0. The van der Waals surface area contributed by atoms with E-state index in [1.165, 1.54) is 18.4 Å². The topological polar surface area (TPSA) is 54.5 Å². The number of methoxy groups -OCH3 is 1. The van der Waals surface area contributed by atoms with Crippen molar-refractivity contribution in [1.29, 1.82) is 0 Å². The van der Waals surface area contributed by atoms with E-state index in [9.17, 15) is 4.79 Å². The zero-order chi connectivity index (χ0) is 19.3. The van der Waals surface area contributed by atoms with Crippen LogP contribution in [-0.4, -0.2) is 42.5 Å². The average Bonchev–Trinajstić information content (AvgIpc) is 3.28. The molecule has 1 aromatic heterocycles. The molecule has 1 amide bonds. The first-order valence-corrected chi connectivity index (χ1v) is 9.76. The van der Waals surface area contributed by atoms with Gasteiger partial charge in [0.15, 0.2) is 0 Å². The minimum Gasteiger partial charge on any atom is -0.497 e. The van der Waals surface area contributed by atoms with Crippen molar-refractivity contribution >= 4 is 16.8 Å². The summed E-state index contributed by atoms with van der Waals surface area (Å²) in [5.41, 5.74) is 2.66. The minimum absolute atomic E-state index is 0.0642. The van der Waals surface area contributed by atoms with Crippen molar-refractivity contribution < 1.29 is 9.53 Å². The quantitative estimate of drug-likeness (QED) is 0.712. The number of pyridine rings is 1. The number of para-hydroxylation sites is 1. The molecule has 2 heterocycles. The van der Waals surface area contributed by atoms with Gasteiger partial charge in [0.25, 0.3) is 5.91 Å². The van der Waals surface area contributed by atoms with E-state index in [0.717, 1.165) is 29.7 Å². The van der Waals surface area contributed by atoms with Crippen molar-refractivity contribution in [3.8, 4) is 5.75 Å². The molecule has 1 fully saturated rings. The van der Waals surface area contributed by atoms with Crippen molar-refractivity contribution in [2.24, 2.45) is 0 Å². The molecule has 1 aliphatic heterocycles. The molecule has 0 saturated carbocycles. The van der Waals surface area contributed by atoms with Crippen LogP contribution in [0.15, 0.2) is 60.8 Å². The molecule has 4 rings (SSSR count). The van der Waals surface area contributed by atoms with Crippen LogP contribution >= 0.6 is 0 Å². The second kappa shape index (κ2) is 8.40. The average molecular weight is 375 g/mol. The number of benzene rings is 2. The number of carbonyl (C=O) groups excluding carboxylic acids is 1. The number of ether oxygens (including phenoxy) is 1. The zero-order valence-corrected chi connectivity index (χ0v) is 16.1. The summed E-state index contributed by atoms with van der Waals surface area (Å²) in [4.78, 5) is 19.7. The molecule has 0 aliphatic carbocycles. The van der Waals surface area contributed by atoms with Gasteiger partial charge in [-0.15, -0.1) is 0 Å². The number of rotatable bonds is 6. The van der Waals surface area contributed by atoms with Crippen LogP contribution in [-0.2, 0) is 0 Å². The maximum atomic E-state index is 13.0. The Labute approximate surface area is 165 Å². The van der Waals surface area contributed by atoms with Crippen LogP contribution in [0.4, 0.5) is 0 Å². The fraction of sp³-hybridized carbons (Fsp3) is 0.304. The van der Waals surface area contributed by atoms with Gasteiger partial charge in [-0.25, -0.2) is 0 Å². The van der Waals surface area contributed by atoms with Gasteiger partial charge in [0.05, 0.1) is 24.2 Å². The Morgan fingerprint density at radius 2 is 1.96 bits per heavy atom. The van der Waals surface area contributed by atoms with E-state index < -0.39 is 0 Å². The van der Waals surface area contributed by atoms with Crippen LogP contribution < -0.4 is 10.1 Å². The summed E-state index contributed by atoms with van der Waals surface area (Å²) in [6.45, 7) is 2.66. The van der Waals surface area contributed by atoms with Gasteiger partial charge in [-0.3, -0.25) is 14.7 Å². The highest BCUT2D eigenvalue weighted by atomic mass is 16.5. The molecule has 0 bridgehead atoms. The third-order valence-corrected chi connectivity index (χ3v) is 5.41. The fourth-order valence-electron chi connectivity index (χ4n) is 3.94. The van der Waals surface area contributed by atoms with E-state index in [2.05, 4.69) is 27.3 Å². The monoisotopic (exact) mass is 375 g/mol. The van der Waals surface area contributed by atoms with Gasteiger partial charge in [-0.05, 0) is 55.8 Å². The zero-order valence-electron chi connectivity index (χ0n) is 16.1. The summed E-state index contributed by atoms with van der Waals surface area (Å²) in [6.07, 6.45) is 4.09. The molecule has 28 heavy (non-hydrogen) atoms. The highest BCUT2D eigenvalue weighted by molar-refractivity contribution is 6.05. The minimum atomic E-state index is -0.0642. The number of nitrogens with zero attached hydrogens (tertiary/aromatic N) is 2. The summed E-state index contributed by atoms with van der Waals surface area (Å²) < 4.78 is 5.40. The van der Waals surface area contributed by atoms with Crippen LogP contribution in [0.5, 0.6) is 5.75 Å². The first-order chi connectivity index (χ1) is 13.8. The van der Waals surface area contributed by atoms with Gasteiger partial charge >= 0.3 is 0 Å². The molecular formula is C23H25N3O2. The summed E-state index contributed by atoms with van der Waals surface area (Å²) in [6, 6.07) is 17.8. The lowest BCUT2D eigenvalue weighted by Crippen LogP contribution is -2.36. The fourth-order valence-corrected chi connectivity index (χ4v) is 3.94. The lowest BCUT2D eigenvalue weighted by Gasteiger charge is -2.28. The molecule has 1 aliphatic rings. The highest BCUT2D eigenvalue weighted by Gasteiger charge is 2.24. The third kappa shape index (κ3) is 3.85. The molecule has 1 N–H and O–H groups in total. The molecule has 3 aromatic rings. The lowest BCUT2D eigenvalue weighted by molar-refractivity contribution is 0.0939. The van der Waals surface area contributed by atoms with Crippen molar-refractivity contribution in [1.82, 2.24) is 15.2 Å². The van der Waals surface area contributed by atoms with Crippen LogP contribution in [0.3, 0.4) is 0 Å². The van der Waals surface area contributed by atoms with Crippen molar-refractivity contribution in [2.75, 3.05) is 26.7 Å². The Balaban J connectivity index is 1.56. The van der Waals surface area contributed by atoms with Crippen molar-refractivity contribution in [2.45, 2.75) is 18.9 Å². The summed E-state index contributed by atoms with van der Waals surface area (Å²) in [7, 11) is 1.68. The number of amides is 1. The van der Waals surface area contributed by atoms with Crippen LogP contribution in [0.1, 0.15) is 34.8 Å². The Morgan fingerprint density at radius 1 is 1.14 bits per heavy atom. The number of carbonyl (C=O) groups is 1. The van der Waals surface area contributed by atoms with Gasteiger partial charge in [0.2, 0.25) is 0 Å². The molecule has 1 saturated heterocycles. The van der Waals surface area contributed by atoms with E-state index in [1.54, 1.807) is 19.4 Å². The lowest BCUT2D eigenvalue weighted by atomic mass is 10.0. The summed E-state index contributed by atoms with van der Waals surface area (Å²) in [5, 5.41) is 4.03. The molecule has 144 valence electrons. The van der Waals surface area contributed by atoms with Crippen LogP contribution in [0.25, 0.3) is 10.9 Å². The maximum absolute atomic E-state index is 13.0. The molecule has 0 radical (unpaired) electrons. The van der Waals surface area contributed by atoms with E-state index in [0.29, 0.717) is 12.1 Å². The maximum Gasteiger partial charge on any atom is 0.252 e. The Bertz CT molecular complexity index is 961. The highest BCUT2D eigenvalue weighted by Crippen LogP contribution is 2.27. The van der Waals surface area contributed by atoms with Crippen LogP contribution in [0.2, 0.25) is 0 Å². The molecule has 5 heteroatoms. The summed E-state index contributed by atoms with van der Waals surface area (Å²) in [5.74, 6) is 0.777. The van der Waals surface area contributed by atoms with Gasteiger partial charge < -0.3 is 10.1 Å². The molecule has 1 atom stereocenters. The van der Waals surface area contributed by atoms with Crippen molar-refractivity contribution in [3.63, 3.8) is 0 Å². The van der Waals surface area contributed by atoms with Crippen LogP contribution in [0, 0.1) is 0 Å². The molecule has 0 spiro atoms. The number of aromatic nitrogens is 1. The predicted molar refractivity (Wildman–Crippen MR) is 111 cm³/mol. The number of nitrogens with one attached hydrogen (secondary N) is 1. The molecule has 5 nitrogen and oxygen atoms in total. The largest absolute Gasteiger partial charge is 0.497 e. The predicted octanol–water partition coefficient (Wildman–Crippen LogP) is 3.81. The first-order valence-electron chi connectivity index (χ1n) is 9.76. The Kier molecular flexibility index (Phi) is 5.53. The third-order valence-electron chi connectivity index (χ3n) is 5.41. The van der Waals surface area contributed by atoms with Gasteiger partial charge in [0.1, 0.15) is 5.75 Å². The number of hydrogen-bond acceptors (Lipinski definition) is 4. The number of likely N-dealkylation sites (tertiary alicyclic amines) is 1. The molecular weight excluding hydrogens is 350 g/mol. The number of fused-ring (bicyclic) bond motifs is 1. The number of hydrogen-bond donors (Lipinski definition) is 1. The standard InChI is InChI=1S/C23H25N3O2/c1-28-18-8-6-7-17(15-18)22(26-13-4-5-14-26)16-25-23(27)20-11-12-24-21-10-3-2-9-19(20)21/h2-3,6-12,15,22H,4-5,13-14,16H2,1H3,(H,25,27). The Hall–Kier alpha value is -2.92. The second-order valence-corrected chi connectivity index (χ2v) is 7.12. The first kappa shape index (κ1) is 18.4.